The van der Waals surface area contributed by atoms with Gasteiger partial charge in [-0.2, -0.15) is 0 Å². The van der Waals surface area contributed by atoms with E-state index < -0.39 is 12.3 Å². The highest BCUT2D eigenvalue weighted by molar-refractivity contribution is 5.68. The average Bonchev–Trinajstić information content (AvgIpc) is 2.45. The van der Waals surface area contributed by atoms with Gasteiger partial charge in [0.2, 0.25) is 0 Å². The van der Waals surface area contributed by atoms with E-state index in [4.69, 9.17) is 4.74 Å². The van der Waals surface area contributed by atoms with Crippen LogP contribution < -0.4 is 0 Å². The van der Waals surface area contributed by atoms with E-state index in [0.717, 1.165) is 5.56 Å². The van der Waals surface area contributed by atoms with Gasteiger partial charge in [0.15, 0.2) is 0 Å². The standard InChI is InChI=1S/C14H14FNO3/c15-13-8-16(7-6-12(13)9-17)14(18)19-10-11-4-2-1-3-5-11/h1-5,13H,6-8,10H2/t13-/m1/s1. The lowest BCUT2D eigenvalue weighted by Crippen LogP contribution is -2.42. The Kier molecular flexibility index (Phi) is 4.31. The Morgan fingerprint density at radius 1 is 1.42 bits per heavy atom. The first-order chi connectivity index (χ1) is 9.20. The van der Waals surface area contributed by atoms with Crippen molar-refractivity contribution in [3.8, 4) is 0 Å². The first-order valence-corrected chi connectivity index (χ1v) is 6.04. The van der Waals surface area contributed by atoms with E-state index in [0.29, 0.717) is 6.54 Å². The van der Waals surface area contributed by atoms with Crippen LogP contribution in [0.3, 0.4) is 0 Å². The molecule has 0 radical (unpaired) electrons. The summed E-state index contributed by atoms with van der Waals surface area (Å²) in [5.41, 5.74) is 0.963. The maximum Gasteiger partial charge on any atom is 0.410 e. The Morgan fingerprint density at radius 3 is 2.79 bits per heavy atom. The van der Waals surface area contributed by atoms with Gasteiger partial charge < -0.3 is 9.64 Å². The van der Waals surface area contributed by atoms with Crippen molar-refractivity contribution in [2.45, 2.75) is 19.2 Å². The van der Waals surface area contributed by atoms with Gasteiger partial charge in [-0.25, -0.2) is 14.0 Å². The van der Waals surface area contributed by atoms with Gasteiger partial charge in [-0.05, 0) is 12.0 Å². The quantitative estimate of drug-likeness (QED) is 0.768. The lowest BCUT2D eigenvalue weighted by Gasteiger charge is -2.28. The minimum absolute atomic E-state index is 0.0899. The van der Waals surface area contributed by atoms with Crippen LogP contribution in [-0.2, 0) is 16.1 Å². The summed E-state index contributed by atoms with van der Waals surface area (Å²) in [6, 6.07) is 9.26. The van der Waals surface area contributed by atoms with Crippen molar-refractivity contribution >= 4 is 12.0 Å². The van der Waals surface area contributed by atoms with E-state index in [1.807, 2.05) is 30.3 Å². The highest BCUT2D eigenvalue weighted by Gasteiger charge is 2.28. The molecule has 0 saturated carbocycles. The molecular weight excluding hydrogens is 249 g/mol. The van der Waals surface area contributed by atoms with E-state index in [2.05, 4.69) is 0 Å². The minimum Gasteiger partial charge on any atom is -0.445 e. The molecule has 1 fully saturated rings. The SMILES string of the molecule is O=C=C1CCN(C(=O)OCc2ccccc2)C[C@H]1F. The van der Waals surface area contributed by atoms with Crippen LogP contribution >= 0.6 is 0 Å². The van der Waals surface area contributed by atoms with Gasteiger partial charge in [-0.3, -0.25) is 0 Å². The zero-order valence-corrected chi connectivity index (χ0v) is 10.3. The number of nitrogens with zero attached hydrogens (tertiary/aromatic N) is 1. The zero-order chi connectivity index (χ0) is 13.7. The first-order valence-electron chi connectivity index (χ1n) is 6.04. The lowest BCUT2D eigenvalue weighted by molar-refractivity contribution is 0.0824. The molecule has 1 aromatic rings. The molecular formula is C14H14FNO3. The maximum absolute atomic E-state index is 13.5. The normalized spacial score (nSPS) is 18.9. The Balaban J connectivity index is 1.86. The number of carbonyl (C=O) groups excluding carboxylic acids is 2. The van der Waals surface area contributed by atoms with Crippen LogP contribution in [0, 0.1) is 0 Å². The van der Waals surface area contributed by atoms with Crippen LogP contribution in [0.2, 0.25) is 0 Å². The van der Waals surface area contributed by atoms with E-state index in [9.17, 15) is 14.0 Å². The van der Waals surface area contributed by atoms with Crippen LogP contribution in [0.15, 0.2) is 35.9 Å². The van der Waals surface area contributed by atoms with Crippen molar-refractivity contribution in [3.63, 3.8) is 0 Å². The fourth-order valence-electron chi connectivity index (χ4n) is 1.90. The molecule has 0 N–H and O–H groups in total. The fraction of sp³-hybridized carbons (Fsp3) is 0.357. The van der Waals surface area contributed by atoms with E-state index in [-0.39, 0.29) is 25.1 Å². The number of hydrogen-bond acceptors (Lipinski definition) is 3. The number of rotatable bonds is 2. The first kappa shape index (κ1) is 13.3. The molecule has 1 aromatic carbocycles. The summed E-state index contributed by atoms with van der Waals surface area (Å²) in [6.45, 7) is 0.306. The Labute approximate surface area is 110 Å². The van der Waals surface area contributed by atoms with Gasteiger partial charge in [0.05, 0.1) is 12.1 Å². The van der Waals surface area contributed by atoms with E-state index >= 15 is 0 Å². The molecule has 1 saturated heterocycles. The smallest absolute Gasteiger partial charge is 0.410 e. The summed E-state index contributed by atoms with van der Waals surface area (Å²) in [7, 11) is 0. The Morgan fingerprint density at radius 2 is 2.16 bits per heavy atom. The van der Waals surface area contributed by atoms with Gasteiger partial charge in [0.25, 0.3) is 0 Å². The van der Waals surface area contributed by atoms with Crippen molar-refractivity contribution in [2.24, 2.45) is 0 Å². The van der Waals surface area contributed by atoms with Gasteiger partial charge in [0.1, 0.15) is 18.7 Å². The van der Waals surface area contributed by atoms with E-state index in [1.54, 1.807) is 5.94 Å². The molecule has 100 valence electrons. The third kappa shape index (κ3) is 3.42. The number of alkyl halides is 1. The molecule has 1 atom stereocenters. The summed E-state index contributed by atoms with van der Waals surface area (Å²) in [6.07, 6.45) is -1.78. The van der Waals surface area contributed by atoms with Crippen molar-refractivity contribution in [1.82, 2.24) is 4.90 Å². The topological polar surface area (TPSA) is 46.6 Å². The summed E-state index contributed by atoms with van der Waals surface area (Å²) >= 11 is 0. The van der Waals surface area contributed by atoms with Crippen molar-refractivity contribution in [1.29, 1.82) is 0 Å². The molecule has 19 heavy (non-hydrogen) atoms. The Hall–Kier alpha value is -2.13. The number of carbonyl (C=O) groups is 1. The second kappa shape index (κ2) is 6.16. The monoisotopic (exact) mass is 263 g/mol. The predicted octanol–water partition coefficient (Wildman–Crippen LogP) is 2.12. The predicted molar refractivity (Wildman–Crippen MR) is 66.9 cm³/mol. The number of halogens is 1. The third-order valence-corrected chi connectivity index (χ3v) is 3.00. The van der Waals surface area contributed by atoms with Crippen molar-refractivity contribution in [2.75, 3.05) is 13.1 Å². The number of likely N-dealkylation sites (tertiary alicyclic amines) is 1. The summed E-state index contributed by atoms with van der Waals surface area (Å²) in [4.78, 5) is 23.4. The minimum atomic E-state index is -1.43. The molecule has 0 spiro atoms. The van der Waals surface area contributed by atoms with E-state index in [1.165, 1.54) is 4.90 Å². The van der Waals surface area contributed by atoms with Gasteiger partial charge in [-0.1, -0.05) is 30.3 Å². The lowest BCUT2D eigenvalue weighted by atomic mass is 10.0. The third-order valence-electron chi connectivity index (χ3n) is 3.00. The maximum atomic E-state index is 13.5. The summed E-state index contributed by atoms with van der Waals surface area (Å²) < 4.78 is 18.6. The molecule has 1 aliphatic rings. The zero-order valence-electron chi connectivity index (χ0n) is 10.3. The van der Waals surface area contributed by atoms with Gasteiger partial charge in [-0.15, -0.1) is 0 Å². The van der Waals surface area contributed by atoms with Gasteiger partial charge in [0, 0.05) is 6.54 Å². The fourth-order valence-corrected chi connectivity index (χ4v) is 1.90. The number of hydrogen-bond donors (Lipinski definition) is 0. The average molecular weight is 263 g/mol. The number of benzene rings is 1. The molecule has 2 rings (SSSR count). The second-order valence-corrected chi connectivity index (χ2v) is 4.33. The van der Waals surface area contributed by atoms with Crippen LogP contribution in [0.5, 0.6) is 0 Å². The molecule has 5 heteroatoms. The number of ether oxygens (including phenoxy) is 1. The van der Waals surface area contributed by atoms with Crippen LogP contribution in [0.4, 0.5) is 9.18 Å². The van der Waals surface area contributed by atoms with Crippen LogP contribution in [0.1, 0.15) is 12.0 Å². The van der Waals surface area contributed by atoms with Crippen LogP contribution in [0.25, 0.3) is 0 Å². The molecule has 1 amide bonds. The largest absolute Gasteiger partial charge is 0.445 e. The van der Waals surface area contributed by atoms with Crippen LogP contribution in [-0.4, -0.2) is 36.2 Å². The molecule has 0 bridgehead atoms. The van der Waals surface area contributed by atoms with Gasteiger partial charge >= 0.3 is 6.09 Å². The second-order valence-electron chi connectivity index (χ2n) is 4.33. The van der Waals surface area contributed by atoms with Crippen molar-refractivity contribution in [3.05, 3.63) is 41.5 Å². The number of piperidine rings is 1. The highest BCUT2D eigenvalue weighted by atomic mass is 19.1. The van der Waals surface area contributed by atoms with Crippen molar-refractivity contribution < 1.29 is 18.7 Å². The number of amides is 1. The molecule has 0 aliphatic carbocycles. The summed E-state index contributed by atoms with van der Waals surface area (Å²) in [5, 5.41) is 0. The molecule has 1 aliphatic heterocycles. The molecule has 0 aromatic heterocycles. The highest BCUT2D eigenvalue weighted by Crippen LogP contribution is 2.18. The molecule has 1 heterocycles. The molecule has 4 nitrogen and oxygen atoms in total. The molecule has 0 unspecified atom stereocenters. The Bertz CT molecular complexity index is 497. The summed E-state index contributed by atoms with van der Waals surface area (Å²) in [5.74, 6) is 1.58.